The Morgan fingerprint density at radius 3 is 2.67 bits per heavy atom. The van der Waals surface area contributed by atoms with Gasteiger partial charge in [0.25, 0.3) is 0 Å². The van der Waals surface area contributed by atoms with Crippen LogP contribution in [0.3, 0.4) is 0 Å². The van der Waals surface area contributed by atoms with Gasteiger partial charge < -0.3 is 10.1 Å². The summed E-state index contributed by atoms with van der Waals surface area (Å²) in [6.07, 6.45) is 5.11. The van der Waals surface area contributed by atoms with Crippen molar-refractivity contribution in [1.29, 1.82) is 5.26 Å². The molecule has 0 radical (unpaired) electrons. The zero-order chi connectivity index (χ0) is 17.4. The minimum Gasteiger partial charge on any atom is -0.369 e. The number of halogens is 1. The molecule has 6 heteroatoms. The number of benzene rings is 1. The first-order valence-corrected chi connectivity index (χ1v) is 8.53. The van der Waals surface area contributed by atoms with Crippen LogP contribution < -0.4 is 5.32 Å². The predicted molar refractivity (Wildman–Crippen MR) is 90.2 cm³/mol. The van der Waals surface area contributed by atoms with E-state index in [0.29, 0.717) is 5.02 Å². The molecule has 2 rings (SSSR count). The quantitative estimate of drug-likeness (QED) is 0.768. The first kappa shape index (κ1) is 18.4. The van der Waals surface area contributed by atoms with Gasteiger partial charge in [-0.1, -0.05) is 49.1 Å². The van der Waals surface area contributed by atoms with Crippen molar-refractivity contribution >= 4 is 23.3 Å². The molecule has 5 nitrogen and oxygen atoms in total. The van der Waals surface area contributed by atoms with Gasteiger partial charge in [-0.15, -0.1) is 0 Å². The summed E-state index contributed by atoms with van der Waals surface area (Å²) in [7, 11) is 0. The molecule has 1 atom stereocenters. The zero-order valence-electron chi connectivity index (χ0n) is 13.5. The second-order valence-corrected chi connectivity index (χ2v) is 6.36. The lowest BCUT2D eigenvalue weighted by Gasteiger charge is -2.23. The van der Waals surface area contributed by atoms with E-state index in [9.17, 15) is 9.59 Å². The maximum absolute atomic E-state index is 12.1. The third-order valence-corrected chi connectivity index (χ3v) is 4.49. The Kier molecular flexibility index (Phi) is 7.23. The lowest BCUT2D eigenvalue weighted by molar-refractivity contribution is -0.135. The van der Waals surface area contributed by atoms with Gasteiger partial charge in [-0.05, 0) is 24.5 Å². The number of Topliss-reactive ketones (excluding diaryl/α,β-unsaturated/α-hetero) is 1. The Morgan fingerprint density at radius 2 is 2.00 bits per heavy atom. The van der Waals surface area contributed by atoms with E-state index in [2.05, 4.69) is 5.32 Å². The molecule has 0 saturated heterocycles. The predicted octanol–water partition coefficient (Wildman–Crippen LogP) is 3.01. The standard InChI is InChI=1S/C18H21ClN2O3/c19-16-9-5-4-6-13(16)11-24-12-17(22)15(10-20)18(23)21-14-7-2-1-3-8-14/h4-6,9,14-15H,1-3,7-8,11-12H2,(H,21,23). The second kappa shape index (κ2) is 9.41. The molecule has 1 fully saturated rings. The fourth-order valence-electron chi connectivity index (χ4n) is 2.77. The van der Waals surface area contributed by atoms with E-state index in [1.54, 1.807) is 24.3 Å². The zero-order valence-corrected chi connectivity index (χ0v) is 14.2. The Morgan fingerprint density at radius 1 is 1.29 bits per heavy atom. The van der Waals surface area contributed by atoms with Crippen LogP contribution in [0.25, 0.3) is 0 Å². The van der Waals surface area contributed by atoms with Crippen LogP contribution in [-0.4, -0.2) is 24.3 Å². The molecular formula is C18H21ClN2O3. The summed E-state index contributed by atoms with van der Waals surface area (Å²) in [5.41, 5.74) is 0.757. The number of ketones is 1. The first-order valence-electron chi connectivity index (χ1n) is 8.15. The molecule has 1 aromatic rings. The van der Waals surface area contributed by atoms with E-state index in [1.807, 2.05) is 6.07 Å². The Bertz CT molecular complexity index is 621. The monoisotopic (exact) mass is 348 g/mol. The minimum absolute atomic E-state index is 0.0685. The highest BCUT2D eigenvalue weighted by Crippen LogP contribution is 2.18. The third-order valence-electron chi connectivity index (χ3n) is 4.12. The normalized spacial score (nSPS) is 16.2. The fourth-order valence-corrected chi connectivity index (χ4v) is 2.96. The molecule has 1 unspecified atom stereocenters. The highest BCUT2D eigenvalue weighted by molar-refractivity contribution is 6.31. The van der Waals surface area contributed by atoms with Crippen LogP contribution in [0.1, 0.15) is 37.7 Å². The van der Waals surface area contributed by atoms with Crippen molar-refractivity contribution in [3.63, 3.8) is 0 Å². The summed E-state index contributed by atoms with van der Waals surface area (Å²) < 4.78 is 5.32. The third kappa shape index (κ3) is 5.33. The molecule has 1 aromatic carbocycles. The number of amides is 1. The van der Waals surface area contributed by atoms with Gasteiger partial charge >= 0.3 is 0 Å². The van der Waals surface area contributed by atoms with E-state index in [1.165, 1.54) is 6.42 Å². The average Bonchev–Trinajstić information content (AvgIpc) is 2.58. The largest absolute Gasteiger partial charge is 0.369 e. The number of hydrogen-bond donors (Lipinski definition) is 1. The average molecular weight is 349 g/mol. The van der Waals surface area contributed by atoms with Crippen molar-refractivity contribution in [1.82, 2.24) is 5.32 Å². The number of ether oxygens (including phenoxy) is 1. The van der Waals surface area contributed by atoms with Gasteiger partial charge in [0, 0.05) is 11.1 Å². The van der Waals surface area contributed by atoms with E-state index in [-0.39, 0.29) is 19.3 Å². The Hall–Kier alpha value is -1.90. The molecule has 1 saturated carbocycles. The van der Waals surface area contributed by atoms with Crippen molar-refractivity contribution in [3.8, 4) is 6.07 Å². The number of carbonyl (C=O) groups excluding carboxylic acids is 2. The summed E-state index contributed by atoms with van der Waals surface area (Å²) >= 11 is 6.01. The van der Waals surface area contributed by atoms with Crippen molar-refractivity contribution in [3.05, 3.63) is 34.9 Å². The Labute approximate surface area is 146 Å². The summed E-state index contributed by atoms with van der Waals surface area (Å²) in [5.74, 6) is -2.37. The summed E-state index contributed by atoms with van der Waals surface area (Å²) in [5, 5.41) is 12.5. The number of carbonyl (C=O) groups is 2. The van der Waals surface area contributed by atoms with Crippen LogP contribution in [0.15, 0.2) is 24.3 Å². The van der Waals surface area contributed by atoms with E-state index >= 15 is 0 Å². The molecule has 1 amide bonds. The number of nitrogens with one attached hydrogen (secondary N) is 1. The molecular weight excluding hydrogens is 328 g/mol. The maximum atomic E-state index is 12.1. The number of hydrogen-bond acceptors (Lipinski definition) is 4. The fraction of sp³-hybridized carbons (Fsp3) is 0.500. The molecule has 24 heavy (non-hydrogen) atoms. The number of rotatable bonds is 7. The lowest BCUT2D eigenvalue weighted by atomic mass is 9.94. The highest BCUT2D eigenvalue weighted by Gasteiger charge is 2.28. The molecule has 0 heterocycles. The van der Waals surface area contributed by atoms with Crippen molar-refractivity contribution in [2.45, 2.75) is 44.8 Å². The van der Waals surface area contributed by atoms with E-state index < -0.39 is 17.6 Å². The molecule has 128 valence electrons. The molecule has 1 aliphatic carbocycles. The van der Waals surface area contributed by atoms with Gasteiger partial charge in [-0.2, -0.15) is 5.26 Å². The van der Waals surface area contributed by atoms with Crippen LogP contribution in [0, 0.1) is 17.2 Å². The van der Waals surface area contributed by atoms with Gasteiger partial charge in [-0.3, -0.25) is 9.59 Å². The van der Waals surface area contributed by atoms with Crippen LogP contribution in [0.2, 0.25) is 5.02 Å². The summed E-state index contributed by atoms with van der Waals surface area (Å²) in [4.78, 5) is 24.2. The Balaban J connectivity index is 1.81. The van der Waals surface area contributed by atoms with Gasteiger partial charge in [0.05, 0.1) is 12.7 Å². The molecule has 0 bridgehead atoms. The van der Waals surface area contributed by atoms with Crippen molar-refractivity contribution < 1.29 is 14.3 Å². The SMILES string of the molecule is N#CC(C(=O)COCc1ccccc1Cl)C(=O)NC1CCCCC1. The van der Waals surface area contributed by atoms with Gasteiger partial charge in [0.2, 0.25) is 5.91 Å². The minimum atomic E-state index is -1.32. The van der Waals surface area contributed by atoms with E-state index in [4.69, 9.17) is 21.6 Å². The molecule has 0 aromatic heterocycles. The highest BCUT2D eigenvalue weighted by atomic mass is 35.5. The van der Waals surface area contributed by atoms with E-state index in [0.717, 1.165) is 31.2 Å². The smallest absolute Gasteiger partial charge is 0.245 e. The van der Waals surface area contributed by atoms with Gasteiger partial charge in [0.1, 0.15) is 6.61 Å². The van der Waals surface area contributed by atoms with Gasteiger partial charge in [-0.25, -0.2) is 0 Å². The molecule has 0 spiro atoms. The maximum Gasteiger partial charge on any atom is 0.245 e. The van der Waals surface area contributed by atoms with Crippen molar-refractivity contribution in [2.75, 3.05) is 6.61 Å². The molecule has 0 aliphatic heterocycles. The number of nitriles is 1. The molecule has 1 N–H and O–H groups in total. The van der Waals surface area contributed by atoms with Crippen LogP contribution >= 0.6 is 11.6 Å². The molecule has 1 aliphatic rings. The van der Waals surface area contributed by atoms with Gasteiger partial charge in [0.15, 0.2) is 11.7 Å². The van der Waals surface area contributed by atoms with Crippen LogP contribution in [-0.2, 0) is 20.9 Å². The van der Waals surface area contributed by atoms with Crippen LogP contribution in [0.4, 0.5) is 0 Å². The van der Waals surface area contributed by atoms with Crippen LogP contribution in [0.5, 0.6) is 0 Å². The number of nitrogens with zero attached hydrogens (tertiary/aromatic N) is 1. The second-order valence-electron chi connectivity index (χ2n) is 5.96. The first-order chi connectivity index (χ1) is 11.6. The topological polar surface area (TPSA) is 79.2 Å². The van der Waals surface area contributed by atoms with Crippen molar-refractivity contribution in [2.24, 2.45) is 5.92 Å². The summed E-state index contributed by atoms with van der Waals surface area (Å²) in [6, 6.07) is 9.01. The summed E-state index contributed by atoms with van der Waals surface area (Å²) in [6.45, 7) is -0.130. The lowest BCUT2D eigenvalue weighted by Crippen LogP contribution is -2.42.